The zero-order valence-corrected chi connectivity index (χ0v) is 24.3. The van der Waals surface area contributed by atoms with E-state index in [1.165, 1.54) is 5.01 Å². The third kappa shape index (κ3) is 7.80. The third-order valence-corrected chi connectivity index (χ3v) is 7.75. The predicted molar refractivity (Wildman–Crippen MR) is 152 cm³/mol. The number of Topliss-reactive ketones (excluding diaryl/α,β-unsaturated/α-hetero) is 1. The van der Waals surface area contributed by atoms with Gasteiger partial charge in [-0.25, -0.2) is 0 Å². The summed E-state index contributed by atoms with van der Waals surface area (Å²) in [5, 5.41) is 9.88. The molecular formula is C29H44N6O5. The molecule has 0 spiro atoms. The molecule has 40 heavy (non-hydrogen) atoms. The second-order valence-corrected chi connectivity index (χ2v) is 11.8. The molecule has 1 saturated heterocycles. The number of ketones is 1. The van der Waals surface area contributed by atoms with Crippen LogP contribution in [0.15, 0.2) is 30.3 Å². The molecule has 220 valence electrons. The first kappa shape index (κ1) is 31.1. The molecule has 1 aliphatic heterocycles. The van der Waals surface area contributed by atoms with Crippen LogP contribution >= 0.6 is 0 Å². The number of benzene rings is 1. The van der Waals surface area contributed by atoms with E-state index in [9.17, 15) is 24.0 Å². The van der Waals surface area contributed by atoms with Crippen molar-refractivity contribution in [2.24, 2.45) is 11.3 Å². The molecule has 11 nitrogen and oxygen atoms in total. The van der Waals surface area contributed by atoms with Crippen molar-refractivity contribution in [2.45, 2.75) is 77.4 Å². The number of amides is 4. The van der Waals surface area contributed by atoms with Crippen molar-refractivity contribution in [2.75, 3.05) is 32.2 Å². The smallest absolute Gasteiger partial charge is 0.307 e. The minimum atomic E-state index is -0.850. The zero-order chi connectivity index (χ0) is 29.4. The van der Waals surface area contributed by atoms with Gasteiger partial charge in [0.2, 0.25) is 23.5 Å². The molecule has 2 aliphatic rings. The molecule has 0 bridgehead atoms. The Morgan fingerprint density at radius 3 is 2.38 bits per heavy atom. The van der Waals surface area contributed by atoms with Crippen molar-refractivity contribution >= 4 is 35.1 Å². The topological polar surface area (TPSA) is 140 Å². The quantitative estimate of drug-likeness (QED) is 0.237. The second kappa shape index (κ2) is 13.7. The van der Waals surface area contributed by atoms with Gasteiger partial charge in [-0.05, 0) is 49.8 Å². The third-order valence-electron chi connectivity index (χ3n) is 7.75. The largest absolute Gasteiger partial charge is 0.347 e. The zero-order valence-electron chi connectivity index (χ0n) is 24.3. The fourth-order valence-electron chi connectivity index (χ4n) is 5.58. The predicted octanol–water partition coefficient (Wildman–Crippen LogP) is 1.14. The van der Waals surface area contributed by atoms with Crippen molar-refractivity contribution in [3.63, 3.8) is 0 Å². The van der Waals surface area contributed by atoms with Gasteiger partial charge in [-0.15, -0.1) is 0 Å². The number of likely N-dealkylation sites (tertiary alicyclic amines) is 1. The number of nitrogens with zero attached hydrogens (tertiary/aromatic N) is 2. The van der Waals surface area contributed by atoms with Crippen LogP contribution in [0.2, 0.25) is 0 Å². The van der Waals surface area contributed by atoms with E-state index in [2.05, 4.69) is 21.4 Å². The van der Waals surface area contributed by atoms with Gasteiger partial charge in [0.1, 0.15) is 12.1 Å². The first-order valence-electron chi connectivity index (χ1n) is 14.1. The number of hydrogen-bond acceptors (Lipinski definition) is 7. The average molecular weight is 557 g/mol. The Balaban J connectivity index is 1.70. The molecule has 4 N–H and O–H groups in total. The van der Waals surface area contributed by atoms with Crippen molar-refractivity contribution in [3.8, 4) is 0 Å². The van der Waals surface area contributed by atoms with E-state index in [1.54, 1.807) is 31.1 Å². The summed E-state index contributed by atoms with van der Waals surface area (Å²) in [6.07, 6.45) is 4.42. The Hall–Kier alpha value is -3.47. The number of hydrogen-bond donors (Lipinski definition) is 4. The van der Waals surface area contributed by atoms with Crippen LogP contribution in [0.3, 0.4) is 0 Å². The minimum absolute atomic E-state index is 0.102. The van der Waals surface area contributed by atoms with Gasteiger partial charge in [0.15, 0.2) is 0 Å². The highest BCUT2D eigenvalue weighted by molar-refractivity contribution is 6.37. The molecule has 4 atom stereocenters. The number of hydrazine groups is 1. The highest BCUT2D eigenvalue weighted by atomic mass is 16.2. The molecule has 1 aromatic rings. The maximum Gasteiger partial charge on any atom is 0.307 e. The standard InChI is InChI=1S/C29H44N6O5/c1-29(2,3)25(32-24(37)15-16-30-4)28(40)35-21-14-10-9-11-19(21)17-22(35)26(38)31-18-23(36)27(39)33-34(5)20-12-7-6-8-13-20/h6-8,12-13,19,21-22,25,30H,9-11,14-18H2,1-5H3,(H,31,38)(H,32,37)(H,33,39). The lowest BCUT2D eigenvalue weighted by molar-refractivity contribution is -0.146. The van der Waals surface area contributed by atoms with Crippen LogP contribution in [0.5, 0.6) is 0 Å². The van der Waals surface area contributed by atoms with Crippen molar-refractivity contribution in [1.29, 1.82) is 0 Å². The summed E-state index contributed by atoms with van der Waals surface area (Å²) >= 11 is 0. The second-order valence-electron chi connectivity index (χ2n) is 11.8. The van der Waals surface area contributed by atoms with E-state index in [-0.39, 0.29) is 30.2 Å². The summed E-state index contributed by atoms with van der Waals surface area (Å²) in [7, 11) is 3.37. The molecule has 11 heteroatoms. The van der Waals surface area contributed by atoms with E-state index in [1.807, 2.05) is 39.0 Å². The van der Waals surface area contributed by atoms with Crippen LogP contribution in [-0.2, 0) is 24.0 Å². The van der Waals surface area contributed by atoms with Crippen LogP contribution in [0.1, 0.15) is 59.3 Å². The molecule has 1 heterocycles. The maximum absolute atomic E-state index is 14.1. The number of anilines is 1. The van der Waals surface area contributed by atoms with E-state index in [0.717, 1.165) is 25.7 Å². The molecule has 1 aliphatic carbocycles. The Kier molecular flexibility index (Phi) is 10.7. The summed E-state index contributed by atoms with van der Waals surface area (Å²) in [5.41, 5.74) is 2.62. The number of fused-ring (bicyclic) bond motifs is 1. The normalized spacial score (nSPS) is 21.1. The molecule has 3 rings (SSSR count). The van der Waals surface area contributed by atoms with E-state index < -0.39 is 41.6 Å². The van der Waals surface area contributed by atoms with Crippen LogP contribution < -0.4 is 26.4 Å². The lowest BCUT2D eigenvalue weighted by atomic mass is 9.83. The summed E-state index contributed by atoms with van der Waals surface area (Å²) in [5.74, 6) is -2.46. The van der Waals surface area contributed by atoms with Gasteiger partial charge in [0, 0.05) is 26.1 Å². The van der Waals surface area contributed by atoms with E-state index in [4.69, 9.17) is 0 Å². The van der Waals surface area contributed by atoms with Gasteiger partial charge in [0.25, 0.3) is 0 Å². The molecule has 1 saturated carbocycles. The first-order chi connectivity index (χ1) is 18.9. The number of carbonyl (C=O) groups excluding carboxylic acids is 5. The summed E-state index contributed by atoms with van der Waals surface area (Å²) in [6.45, 7) is 5.67. The van der Waals surface area contributed by atoms with Gasteiger partial charge in [0.05, 0.1) is 12.2 Å². The maximum atomic E-state index is 14.1. The first-order valence-corrected chi connectivity index (χ1v) is 14.1. The Bertz CT molecular complexity index is 1070. The minimum Gasteiger partial charge on any atom is -0.347 e. The Morgan fingerprint density at radius 1 is 1.05 bits per heavy atom. The number of para-hydroxylation sites is 1. The lowest BCUT2D eigenvalue weighted by Gasteiger charge is -2.39. The van der Waals surface area contributed by atoms with Crippen molar-refractivity contribution < 1.29 is 24.0 Å². The van der Waals surface area contributed by atoms with Gasteiger partial charge in [-0.3, -0.25) is 34.4 Å². The molecule has 1 aromatic carbocycles. The summed E-state index contributed by atoms with van der Waals surface area (Å²) in [6, 6.07) is 7.34. The molecule has 4 unspecified atom stereocenters. The highest BCUT2D eigenvalue weighted by Crippen LogP contribution is 2.41. The fourth-order valence-corrected chi connectivity index (χ4v) is 5.58. The van der Waals surface area contributed by atoms with Gasteiger partial charge >= 0.3 is 5.91 Å². The number of nitrogens with one attached hydrogen (secondary N) is 4. The van der Waals surface area contributed by atoms with Crippen LogP contribution in [0.25, 0.3) is 0 Å². The van der Waals surface area contributed by atoms with Gasteiger partial charge in [-0.1, -0.05) is 51.8 Å². The summed E-state index contributed by atoms with van der Waals surface area (Å²) in [4.78, 5) is 66.7. The van der Waals surface area contributed by atoms with Gasteiger partial charge in [-0.2, -0.15) is 0 Å². The molecular weight excluding hydrogens is 512 g/mol. The lowest BCUT2D eigenvalue weighted by Crippen LogP contribution is -2.60. The van der Waals surface area contributed by atoms with Crippen LogP contribution in [-0.4, -0.2) is 79.6 Å². The van der Waals surface area contributed by atoms with Crippen LogP contribution in [0, 0.1) is 11.3 Å². The Morgan fingerprint density at radius 2 is 1.73 bits per heavy atom. The Labute approximate surface area is 236 Å². The van der Waals surface area contributed by atoms with Gasteiger partial charge < -0.3 is 20.9 Å². The molecule has 2 fully saturated rings. The fraction of sp³-hybridized carbons (Fsp3) is 0.621. The van der Waals surface area contributed by atoms with E-state index >= 15 is 0 Å². The molecule has 4 amide bonds. The highest BCUT2D eigenvalue weighted by Gasteiger charge is 2.50. The summed E-state index contributed by atoms with van der Waals surface area (Å²) < 4.78 is 0. The van der Waals surface area contributed by atoms with E-state index in [0.29, 0.717) is 18.7 Å². The van der Waals surface area contributed by atoms with Crippen molar-refractivity contribution in [1.82, 2.24) is 26.3 Å². The number of rotatable bonds is 11. The number of carbonyl (C=O) groups is 5. The monoisotopic (exact) mass is 556 g/mol. The average Bonchev–Trinajstić information content (AvgIpc) is 3.32. The molecule has 0 radical (unpaired) electrons. The van der Waals surface area contributed by atoms with Crippen LogP contribution in [0.4, 0.5) is 5.69 Å². The van der Waals surface area contributed by atoms with Crippen molar-refractivity contribution in [3.05, 3.63) is 30.3 Å². The molecule has 0 aromatic heterocycles. The SMILES string of the molecule is CNCCC(=O)NC(C(=O)N1C(C(=O)NCC(=O)C(=O)NN(C)c2ccccc2)CC2CCCCC21)C(C)(C)C.